The molecule has 0 aliphatic carbocycles. The lowest BCUT2D eigenvalue weighted by Gasteiger charge is -2.29. The monoisotopic (exact) mass is 260 g/mol. The molecule has 0 saturated carbocycles. The molecule has 0 fully saturated rings. The summed E-state index contributed by atoms with van der Waals surface area (Å²) in [5, 5.41) is 2.10. The Kier molecular flexibility index (Phi) is 4.77. The Bertz CT molecular complexity index is 367. The van der Waals surface area contributed by atoms with Crippen LogP contribution in [0.3, 0.4) is 0 Å². The highest BCUT2D eigenvalue weighted by atomic mass is 35.5. The lowest BCUT2D eigenvalue weighted by Crippen LogP contribution is -2.40. The van der Waals surface area contributed by atoms with E-state index in [4.69, 9.17) is 5.73 Å². The second kappa shape index (κ2) is 5.66. The lowest BCUT2D eigenvalue weighted by molar-refractivity contribution is -0.135. The molecule has 3 nitrogen and oxygen atoms in total. The molecule has 1 amide bonds. The number of carbonyl (C=O) groups excluding carboxylic acids is 1. The number of rotatable bonds is 2. The molecule has 2 N–H and O–H groups in total. The standard InChI is InChI=1S/C11H16N2OS.ClH/c1-8(6-12)11(14)13-4-2-10-9(7-13)3-5-15-10;/h3,5,8H,2,4,6-7,12H2,1H3;1H. The molecule has 1 atom stereocenters. The molecule has 2 rings (SSSR count). The molecular formula is C11H17ClN2OS. The van der Waals surface area contributed by atoms with Gasteiger partial charge in [-0.25, -0.2) is 0 Å². The van der Waals surface area contributed by atoms with Crippen molar-refractivity contribution < 1.29 is 4.79 Å². The van der Waals surface area contributed by atoms with E-state index in [1.54, 1.807) is 11.3 Å². The van der Waals surface area contributed by atoms with E-state index in [2.05, 4.69) is 11.4 Å². The van der Waals surface area contributed by atoms with E-state index in [1.807, 2.05) is 11.8 Å². The van der Waals surface area contributed by atoms with Crippen LogP contribution in [0.4, 0.5) is 0 Å². The zero-order chi connectivity index (χ0) is 10.8. The molecule has 1 aliphatic rings. The third-order valence-corrected chi connectivity index (χ3v) is 3.92. The third kappa shape index (κ3) is 2.56. The highest BCUT2D eigenvalue weighted by Gasteiger charge is 2.24. The summed E-state index contributed by atoms with van der Waals surface area (Å²) in [6.07, 6.45) is 0.996. The second-order valence-electron chi connectivity index (χ2n) is 4.02. The number of nitrogens with zero attached hydrogens (tertiary/aromatic N) is 1. The Hall–Kier alpha value is -0.580. The molecule has 0 radical (unpaired) electrons. The van der Waals surface area contributed by atoms with E-state index in [1.165, 1.54) is 10.4 Å². The van der Waals surface area contributed by atoms with Gasteiger partial charge in [0, 0.05) is 30.4 Å². The second-order valence-corrected chi connectivity index (χ2v) is 5.02. The van der Waals surface area contributed by atoms with Gasteiger partial charge in [0.15, 0.2) is 0 Å². The molecule has 2 heterocycles. The summed E-state index contributed by atoms with van der Waals surface area (Å²) in [5.41, 5.74) is 6.82. The molecule has 0 spiro atoms. The number of hydrogen-bond acceptors (Lipinski definition) is 3. The van der Waals surface area contributed by atoms with Crippen LogP contribution < -0.4 is 5.73 Å². The molecule has 0 saturated heterocycles. The van der Waals surface area contributed by atoms with Crippen molar-refractivity contribution in [2.24, 2.45) is 11.7 Å². The van der Waals surface area contributed by atoms with E-state index < -0.39 is 0 Å². The Morgan fingerprint density at radius 3 is 3.12 bits per heavy atom. The maximum absolute atomic E-state index is 11.9. The molecule has 1 aliphatic heterocycles. The quantitative estimate of drug-likeness (QED) is 0.879. The van der Waals surface area contributed by atoms with Crippen molar-refractivity contribution >= 4 is 29.7 Å². The van der Waals surface area contributed by atoms with Crippen LogP contribution in [0.1, 0.15) is 17.4 Å². The highest BCUT2D eigenvalue weighted by Crippen LogP contribution is 2.24. The van der Waals surface area contributed by atoms with Crippen molar-refractivity contribution in [1.29, 1.82) is 0 Å². The Morgan fingerprint density at radius 2 is 2.44 bits per heavy atom. The maximum Gasteiger partial charge on any atom is 0.226 e. The first-order valence-corrected chi connectivity index (χ1v) is 6.14. The minimum Gasteiger partial charge on any atom is -0.338 e. The largest absolute Gasteiger partial charge is 0.338 e. The van der Waals surface area contributed by atoms with Gasteiger partial charge in [-0.2, -0.15) is 0 Å². The fourth-order valence-electron chi connectivity index (χ4n) is 1.85. The SMILES string of the molecule is CC(CN)C(=O)N1CCc2sccc2C1.Cl. The Morgan fingerprint density at radius 1 is 1.69 bits per heavy atom. The molecule has 5 heteroatoms. The van der Waals surface area contributed by atoms with Crippen molar-refractivity contribution in [2.45, 2.75) is 19.9 Å². The van der Waals surface area contributed by atoms with Gasteiger partial charge >= 0.3 is 0 Å². The van der Waals surface area contributed by atoms with E-state index >= 15 is 0 Å². The zero-order valence-electron chi connectivity index (χ0n) is 9.31. The van der Waals surface area contributed by atoms with Gasteiger partial charge in [-0.05, 0) is 23.4 Å². The first-order chi connectivity index (χ1) is 7.22. The van der Waals surface area contributed by atoms with Crippen molar-refractivity contribution in [3.05, 3.63) is 21.9 Å². The van der Waals surface area contributed by atoms with Crippen LogP contribution >= 0.6 is 23.7 Å². The minimum absolute atomic E-state index is 0. The summed E-state index contributed by atoms with van der Waals surface area (Å²) in [4.78, 5) is 15.3. The molecule has 1 aromatic heterocycles. The molecular weight excluding hydrogens is 244 g/mol. The van der Waals surface area contributed by atoms with Crippen molar-refractivity contribution in [2.75, 3.05) is 13.1 Å². The average molecular weight is 261 g/mol. The minimum atomic E-state index is -0.0508. The smallest absolute Gasteiger partial charge is 0.226 e. The first kappa shape index (κ1) is 13.5. The molecule has 90 valence electrons. The molecule has 0 bridgehead atoms. The van der Waals surface area contributed by atoms with Crippen LogP contribution in [0.15, 0.2) is 11.4 Å². The van der Waals surface area contributed by atoms with Crippen LogP contribution in [0, 0.1) is 5.92 Å². The van der Waals surface area contributed by atoms with Crippen molar-refractivity contribution in [3.8, 4) is 0 Å². The summed E-state index contributed by atoms with van der Waals surface area (Å²) in [5.74, 6) is 0.138. The fourth-order valence-corrected chi connectivity index (χ4v) is 2.74. The summed E-state index contributed by atoms with van der Waals surface area (Å²) in [6.45, 7) is 3.94. The third-order valence-electron chi connectivity index (χ3n) is 2.89. The number of amides is 1. The van der Waals surface area contributed by atoms with Gasteiger partial charge in [-0.3, -0.25) is 4.79 Å². The van der Waals surface area contributed by atoms with E-state index in [-0.39, 0.29) is 24.2 Å². The van der Waals surface area contributed by atoms with Crippen LogP contribution in [0.5, 0.6) is 0 Å². The summed E-state index contributed by atoms with van der Waals surface area (Å²) < 4.78 is 0. The zero-order valence-corrected chi connectivity index (χ0v) is 10.9. The number of thiophene rings is 1. The Balaban J connectivity index is 0.00000128. The van der Waals surface area contributed by atoms with Gasteiger partial charge < -0.3 is 10.6 Å². The van der Waals surface area contributed by atoms with Gasteiger partial charge in [0.1, 0.15) is 0 Å². The van der Waals surface area contributed by atoms with Crippen molar-refractivity contribution in [3.63, 3.8) is 0 Å². The van der Waals surface area contributed by atoms with Gasteiger partial charge in [-0.1, -0.05) is 6.92 Å². The molecule has 1 unspecified atom stereocenters. The number of carbonyl (C=O) groups is 1. The highest BCUT2D eigenvalue weighted by molar-refractivity contribution is 7.10. The normalized spacial score (nSPS) is 16.2. The average Bonchev–Trinajstić information content (AvgIpc) is 2.73. The summed E-state index contributed by atoms with van der Waals surface area (Å²) in [7, 11) is 0. The molecule has 0 aromatic carbocycles. The van der Waals surface area contributed by atoms with Crippen LogP contribution in [-0.2, 0) is 17.8 Å². The predicted molar refractivity (Wildman–Crippen MR) is 68.9 cm³/mol. The van der Waals surface area contributed by atoms with E-state index in [0.717, 1.165) is 19.5 Å². The van der Waals surface area contributed by atoms with Crippen LogP contribution in [0.2, 0.25) is 0 Å². The number of nitrogens with two attached hydrogens (primary N) is 1. The van der Waals surface area contributed by atoms with Gasteiger partial charge in [-0.15, -0.1) is 23.7 Å². The van der Waals surface area contributed by atoms with Gasteiger partial charge in [0.05, 0.1) is 0 Å². The van der Waals surface area contributed by atoms with Crippen LogP contribution in [0.25, 0.3) is 0 Å². The lowest BCUT2D eigenvalue weighted by atomic mass is 10.1. The van der Waals surface area contributed by atoms with E-state index in [0.29, 0.717) is 6.54 Å². The Labute approximate surface area is 106 Å². The predicted octanol–water partition coefficient (Wildman–Crippen LogP) is 1.65. The topological polar surface area (TPSA) is 46.3 Å². The summed E-state index contributed by atoms with van der Waals surface area (Å²) >= 11 is 1.79. The van der Waals surface area contributed by atoms with E-state index in [9.17, 15) is 4.79 Å². The van der Waals surface area contributed by atoms with Crippen molar-refractivity contribution in [1.82, 2.24) is 4.90 Å². The number of halogens is 1. The van der Waals surface area contributed by atoms with Gasteiger partial charge in [0.25, 0.3) is 0 Å². The molecule has 1 aromatic rings. The maximum atomic E-state index is 11.9. The van der Waals surface area contributed by atoms with Crippen LogP contribution in [-0.4, -0.2) is 23.9 Å². The first-order valence-electron chi connectivity index (χ1n) is 5.26. The molecule has 16 heavy (non-hydrogen) atoms. The number of hydrogen-bond donors (Lipinski definition) is 1. The fraction of sp³-hybridized carbons (Fsp3) is 0.545. The van der Waals surface area contributed by atoms with Gasteiger partial charge in [0.2, 0.25) is 5.91 Å². The summed E-state index contributed by atoms with van der Waals surface area (Å²) in [6, 6.07) is 2.12. The number of fused-ring (bicyclic) bond motifs is 1.